The van der Waals surface area contributed by atoms with E-state index in [4.69, 9.17) is 9.47 Å². The summed E-state index contributed by atoms with van der Waals surface area (Å²) in [6, 6.07) is 12.2. The Bertz CT molecular complexity index is 1180. The number of halogens is 1. The van der Waals surface area contributed by atoms with Gasteiger partial charge in [0.25, 0.3) is 0 Å². The maximum atomic E-state index is 14.6. The maximum absolute atomic E-state index is 14.6. The standard InChI is InChI=1S/C25H26FN3O4.H2S/c1-32-18-9-10-21(26)23(12-18)29-25(16-7-8-16)22(27-28-29)14-33-19-4-2-3-17(11-19)20(13-24(30)31)15-5-6-15;/h2-4,9-12,15-16,20H,5-8,13-14H2,1H3,(H,30,31);1H2/t20-;/m0./s1. The minimum Gasteiger partial charge on any atom is -0.497 e. The zero-order valence-electron chi connectivity index (χ0n) is 18.9. The molecule has 180 valence electrons. The molecule has 0 radical (unpaired) electrons. The Hall–Kier alpha value is -3.07. The molecule has 1 N–H and O–H groups in total. The summed E-state index contributed by atoms with van der Waals surface area (Å²) in [5.41, 5.74) is 2.83. The highest BCUT2D eigenvalue weighted by Crippen LogP contribution is 2.45. The molecule has 1 aromatic heterocycles. The van der Waals surface area contributed by atoms with E-state index in [1.807, 2.05) is 24.3 Å². The first-order valence-corrected chi connectivity index (χ1v) is 11.3. The number of rotatable bonds is 10. The average Bonchev–Trinajstić information content (AvgIpc) is 3.75. The summed E-state index contributed by atoms with van der Waals surface area (Å²) in [4.78, 5) is 11.3. The minimum absolute atomic E-state index is 0. The van der Waals surface area contributed by atoms with Crippen molar-refractivity contribution in [1.82, 2.24) is 15.0 Å². The van der Waals surface area contributed by atoms with Crippen molar-refractivity contribution in [2.75, 3.05) is 7.11 Å². The van der Waals surface area contributed by atoms with Gasteiger partial charge in [-0.05, 0) is 67.3 Å². The third-order valence-corrected chi connectivity index (χ3v) is 6.37. The van der Waals surface area contributed by atoms with Gasteiger partial charge in [0.2, 0.25) is 0 Å². The molecule has 2 aliphatic rings. The first kappa shape index (κ1) is 24.1. The van der Waals surface area contributed by atoms with E-state index in [-0.39, 0.29) is 38.4 Å². The Morgan fingerprint density at radius 1 is 1.18 bits per heavy atom. The van der Waals surface area contributed by atoms with Crippen LogP contribution in [0.25, 0.3) is 5.69 Å². The molecule has 34 heavy (non-hydrogen) atoms. The number of methoxy groups -OCH3 is 1. The first-order chi connectivity index (χ1) is 16.0. The summed E-state index contributed by atoms with van der Waals surface area (Å²) in [6.07, 6.45) is 4.26. The van der Waals surface area contributed by atoms with Gasteiger partial charge in [-0.3, -0.25) is 4.79 Å². The maximum Gasteiger partial charge on any atom is 0.303 e. The highest BCUT2D eigenvalue weighted by atomic mass is 32.1. The van der Waals surface area contributed by atoms with Crippen LogP contribution < -0.4 is 9.47 Å². The number of ether oxygens (including phenoxy) is 2. The van der Waals surface area contributed by atoms with Crippen molar-refractivity contribution >= 4 is 19.5 Å². The third-order valence-electron chi connectivity index (χ3n) is 6.37. The number of nitrogens with zero attached hydrogens (tertiary/aromatic N) is 3. The van der Waals surface area contributed by atoms with Gasteiger partial charge in [0.05, 0.1) is 19.2 Å². The van der Waals surface area contributed by atoms with E-state index in [2.05, 4.69) is 10.3 Å². The second-order valence-electron chi connectivity index (χ2n) is 8.83. The highest BCUT2D eigenvalue weighted by Gasteiger charge is 2.34. The number of aromatic nitrogens is 3. The van der Waals surface area contributed by atoms with Crippen LogP contribution in [0.1, 0.15) is 60.9 Å². The van der Waals surface area contributed by atoms with Crippen LogP contribution in [0, 0.1) is 11.7 Å². The molecular formula is C25H28FN3O4S. The Morgan fingerprint density at radius 3 is 2.65 bits per heavy atom. The first-order valence-electron chi connectivity index (χ1n) is 11.3. The molecule has 0 bridgehead atoms. The molecule has 2 saturated carbocycles. The van der Waals surface area contributed by atoms with Gasteiger partial charge in [0, 0.05) is 12.0 Å². The summed E-state index contributed by atoms with van der Waals surface area (Å²) in [5, 5.41) is 17.8. The Labute approximate surface area is 204 Å². The van der Waals surface area contributed by atoms with E-state index in [9.17, 15) is 14.3 Å². The van der Waals surface area contributed by atoms with E-state index in [0.29, 0.717) is 28.8 Å². The lowest BCUT2D eigenvalue weighted by atomic mass is 9.91. The summed E-state index contributed by atoms with van der Waals surface area (Å²) in [6.45, 7) is 0.202. The van der Waals surface area contributed by atoms with Crippen molar-refractivity contribution in [2.24, 2.45) is 5.92 Å². The van der Waals surface area contributed by atoms with Gasteiger partial charge in [-0.1, -0.05) is 17.3 Å². The molecule has 0 amide bonds. The van der Waals surface area contributed by atoms with Gasteiger partial charge in [-0.25, -0.2) is 9.07 Å². The number of carbonyl (C=O) groups is 1. The normalized spacial score (nSPS) is 15.9. The number of hydrogen-bond acceptors (Lipinski definition) is 5. The molecule has 0 spiro atoms. The van der Waals surface area contributed by atoms with Crippen molar-refractivity contribution in [3.8, 4) is 17.2 Å². The van der Waals surface area contributed by atoms with Crippen LogP contribution >= 0.6 is 13.5 Å². The van der Waals surface area contributed by atoms with E-state index in [0.717, 1.165) is 36.9 Å². The van der Waals surface area contributed by atoms with Crippen molar-refractivity contribution < 1.29 is 23.8 Å². The number of aliphatic carboxylic acids is 1. The van der Waals surface area contributed by atoms with Crippen LogP contribution in [0.3, 0.4) is 0 Å². The number of carboxylic acid groups (broad SMARTS) is 1. The predicted octanol–water partition coefficient (Wildman–Crippen LogP) is 4.95. The topological polar surface area (TPSA) is 86.5 Å². The van der Waals surface area contributed by atoms with Gasteiger partial charge in [-0.15, -0.1) is 5.10 Å². The minimum atomic E-state index is -0.784. The Kier molecular flexibility index (Phi) is 7.11. The van der Waals surface area contributed by atoms with Gasteiger partial charge in [-0.2, -0.15) is 13.5 Å². The predicted molar refractivity (Wildman–Crippen MR) is 129 cm³/mol. The van der Waals surface area contributed by atoms with Crippen LogP contribution in [0.5, 0.6) is 11.5 Å². The molecule has 2 aromatic carbocycles. The smallest absolute Gasteiger partial charge is 0.303 e. The van der Waals surface area contributed by atoms with Crippen LogP contribution in [0.15, 0.2) is 42.5 Å². The zero-order chi connectivity index (χ0) is 22.9. The second-order valence-corrected chi connectivity index (χ2v) is 8.83. The van der Waals surface area contributed by atoms with E-state index in [1.165, 1.54) is 13.2 Å². The second kappa shape index (κ2) is 10.0. The van der Waals surface area contributed by atoms with Crippen LogP contribution in [0.4, 0.5) is 4.39 Å². The van der Waals surface area contributed by atoms with Gasteiger partial charge >= 0.3 is 5.97 Å². The molecule has 3 aromatic rings. The van der Waals surface area contributed by atoms with Gasteiger partial charge in [0.15, 0.2) is 0 Å². The largest absolute Gasteiger partial charge is 0.497 e. The molecule has 1 heterocycles. The molecule has 0 unspecified atom stereocenters. The molecule has 0 aliphatic heterocycles. The Morgan fingerprint density at radius 2 is 1.97 bits per heavy atom. The molecule has 5 rings (SSSR count). The zero-order valence-corrected chi connectivity index (χ0v) is 19.9. The summed E-state index contributed by atoms with van der Waals surface area (Å²) in [5.74, 6) is 0.726. The van der Waals surface area contributed by atoms with Crippen molar-refractivity contribution in [3.05, 3.63) is 65.2 Å². The fourth-order valence-electron chi connectivity index (χ4n) is 4.38. The summed E-state index contributed by atoms with van der Waals surface area (Å²) < 4.78 is 27.4. The van der Waals surface area contributed by atoms with Crippen LogP contribution in [0.2, 0.25) is 0 Å². The van der Waals surface area contributed by atoms with Crippen LogP contribution in [-0.2, 0) is 11.4 Å². The number of hydrogen-bond donors (Lipinski definition) is 1. The quantitative estimate of drug-likeness (QED) is 0.437. The molecule has 2 fully saturated rings. The fraction of sp³-hybridized carbons (Fsp3) is 0.400. The lowest BCUT2D eigenvalue weighted by molar-refractivity contribution is -0.137. The number of carboxylic acids is 1. The molecule has 1 atom stereocenters. The van der Waals surface area contributed by atoms with Gasteiger partial charge in [0.1, 0.15) is 35.3 Å². The monoisotopic (exact) mass is 485 g/mol. The van der Waals surface area contributed by atoms with Crippen molar-refractivity contribution in [3.63, 3.8) is 0 Å². The molecule has 2 aliphatic carbocycles. The third kappa shape index (κ3) is 5.19. The Balaban J connectivity index is 0.00000274. The summed E-state index contributed by atoms with van der Waals surface area (Å²) in [7, 11) is 1.54. The van der Waals surface area contributed by atoms with E-state index < -0.39 is 11.8 Å². The van der Waals surface area contributed by atoms with Crippen molar-refractivity contribution in [2.45, 2.75) is 50.5 Å². The van der Waals surface area contributed by atoms with Crippen LogP contribution in [-0.4, -0.2) is 33.2 Å². The lowest BCUT2D eigenvalue weighted by Crippen LogP contribution is -2.09. The van der Waals surface area contributed by atoms with Crippen molar-refractivity contribution in [1.29, 1.82) is 0 Å². The molecular weight excluding hydrogens is 457 g/mol. The van der Waals surface area contributed by atoms with E-state index >= 15 is 0 Å². The number of benzene rings is 2. The molecule has 9 heteroatoms. The van der Waals surface area contributed by atoms with Gasteiger partial charge < -0.3 is 14.6 Å². The van der Waals surface area contributed by atoms with E-state index in [1.54, 1.807) is 16.8 Å². The molecule has 7 nitrogen and oxygen atoms in total. The average molecular weight is 486 g/mol. The summed E-state index contributed by atoms with van der Waals surface area (Å²) >= 11 is 0. The SMILES string of the molecule is COc1ccc(F)c(-n2nnc(COc3cccc([C@@H](CC(=O)O)C4CC4)c3)c2C2CC2)c1.S. The molecule has 0 saturated heterocycles. The highest BCUT2D eigenvalue weighted by molar-refractivity contribution is 7.59. The lowest BCUT2D eigenvalue weighted by Gasteiger charge is -2.16. The fourth-order valence-corrected chi connectivity index (χ4v) is 4.38.